The maximum atomic E-state index is 5.07. The van der Waals surface area contributed by atoms with E-state index in [1.807, 2.05) is 0 Å². The zero-order chi connectivity index (χ0) is 8.69. The van der Waals surface area contributed by atoms with Crippen LogP contribution in [0.4, 0.5) is 0 Å². The van der Waals surface area contributed by atoms with Crippen molar-refractivity contribution >= 4 is 12.6 Å². The number of hydrogen-bond acceptors (Lipinski definition) is 3. The molecular weight excluding hydrogens is 158 g/mol. The molecular formula is C8H19NOS. The predicted octanol–water partition coefficient (Wildman–Crippen LogP) is 1.27. The molecule has 0 radical (unpaired) electrons. The van der Waals surface area contributed by atoms with E-state index >= 15 is 0 Å². The second-order valence-electron chi connectivity index (χ2n) is 2.66. The lowest BCUT2D eigenvalue weighted by Gasteiger charge is -2.26. The topological polar surface area (TPSA) is 12.5 Å². The van der Waals surface area contributed by atoms with E-state index in [1.165, 1.54) is 0 Å². The van der Waals surface area contributed by atoms with E-state index in [2.05, 4.69) is 31.4 Å². The van der Waals surface area contributed by atoms with E-state index in [0.717, 1.165) is 25.4 Å². The normalized spacial score (nSPS) is 13.9. The van der Waals surface area contributed by atoms with Crippen LogP contribution in [0.2, 0.25) is 0 Å². The molecule has 0 fully saturated rings. The number of hydrogen-bond donors (Lipinski definition) is 1. The van der Waals surface area contributed by atoms with Crippen molar-refractivity contribution in [2.45, 2.75) is 19.9 Å². The van der Waals surface area contributed by atoms with Crippen molar-refractivity contribution < 1.29 is 4.74 Å². The Kier molecular flexibility index (Phi) is 7.12. The SMILES string of the molecule is CCN(CCS)C(C)COC. The molecule has 0 rings (SSSR count). The Morgan fingerprint density at radius 3 is 2.55 bits per heavy atom. The van der Waals surface area contributed by atoms with Crippen molar-refractivity contribution in [2.24, 2.45) is 0 Å². The monoisotopic (exact) mass is 177 g/mol. The average Bonchev–Trinajstić information content (AvgIpc) is 2.00. The summed E-state index contributed by atoms with van der Waals surface area (Å²) in [5.74, 6) is 0.919. The van der Waals surface area contributed by atoms with E-state index in [4.69, 9.17) is 4.74 Å². The van der Waals surface area contributed by atoms with Crippen molar-refractivity contribution in [2.75, 3.05) is 32.6 Å². The summed E-state index contributed by atoms with van der Waals surface area (Å²) < 4.78 is 5.07. The van der Waals surface area contributed by atoms with E-state index in [0.29, 0.717) is 6.04 Å². The Hall–Kier alpha value is 0.270. The first-order valence-corrected chi connectivity index (χ1v) is 4.73. The number of likely N-dealkylation sites (N-methyl/N-ethyl adjacent to an activating group) is 1. The van der Waals surface area contributed by atoms with Gasteiger partial charge in [0.2, 0.25) is 0 Å². The highest BCUT2D eigenvalue weighted by Gasteiger charge is 2.09. The molecule has 2 nitrogen and oxygen atoms in total. The molecule has 0 saturated heterocycles. The Morgan fingerprint density at radius 1 is 1.55 bits per heavy atom. The van der Waals surface area contributed by atoms with Crippen LogP contribution >= 0.6 is 12.6 Å². The summed E-state index contributed by atoms with van der Waals surface area (Å²) in [7, 11) is 1.74. The fourth-order valence-electron chi connectivity index (χ4n) is 1.17. The van der Waals surface area contributed by atoms with Crippen molar-refractivity contribution in [3.05, 3.63) is 0 Å². The molecule has 0 saturated carbocycles. The first-order chi connectivity index (χ1) is 5.26. The van der Waals surface area contributed by atoms with Gasteiger partial charge >= 0.3 is 0 Å². The van der Waals surface area contributed by atoms with Gasteiger partial charge in [-0.05, 0) is 13.5 Å². The van der Waals surface area contributed by atoms with Gasteiger partial charge in [-0.3, -0.25) is 4.90 Å². The number of nitrogens with zero attached hydrogens (tertiary/aromatic N) is 1. The summed E-state index contributed by atoms with van der Waals surface area (Å²) >= 11 is 4.19. The summed E-state index contributed by atoms with van der Waals surface area (Å²) in [6, 6.07) is 0.511. The molecule has 0 spiro atoms. The maximum Gasteiger partial charge on any atom is 0.0615 e. The van der Waals surface area contributed by atoms with Crippen LogP contribution in [0, 0.1) is 0 Å². The first kappa shape index (κ1) is 11.3. The van der Waals surface area contributed by atoms with Crippen LogP contribution in [-0.4, -0.2) is 43.5 Å². The average molecular weight is 177 g/mol. The predicted molar refractivity (Wildman–Crippen MR) is 52.4 cm³/mol. The lowest BCUT2D eigenvalue weighted by molar-refractivity contribution is 0.107. The smallest absolute Gasteiger partial charge is 0.0615 e. The van der Waals surface area contributed by atoms with Crippen LogP contribution in [-0.2, 0) is 4.74 Å². The molecule has 1 atom stereocenters. The van der Waals surface area contributed by atoms with Gasteiger partial charge < -0.3 is 4.74 Å². The quantitative estimate of drug-likeness (QED) is 0.614. The molecule has 3 heteroatoms. The number of methoxy groups -OCH3 is 1. The van der Waals surface area contributed by atoms with Gasteiger partial charge in [-0.2, -0.15) is 12.6 Å². The third-order valence-electron chi connectivity index (χ3n) is 1.82. The Labute approximate surface area is 75.3 Å². The third-order valence-corrected chi connectivity index (χ3v) is 2.02. The molecule has 1 unspecified atom stereocenters. The lowest BCUT2D eigenvalue weighted by Crippen LogP contribution is -2.37. The second-order valence-corrected chi connectivity index (χ2v) is 3.10. The number of ether oxygens (including phenoxy) is 1. The molecule has 0 heterocycles. The minimum Gasteiger partial charge on any atom is -0.383 e. The summed E-state index contributed by atoms with van der Waals surface area (Å²) in [4.78, 5) is 2.36. The van der Waals surface area contributed by atoms with E-state index in [-0.39, 0.29) is 0 Å². The number of rotatable bonds is 6. The Morgan fingerprint density at radius 2 is 2.18 bits per heavy atom. The summed E-state index contributed by atoms with van der Waals surface area (Å²) in [6.07, 6.45) is 0. The van der Waals surface area contributed by atoms with E-state index < -0.39 is 0 Å². The fourth-order valence-corrected chi connectivity index (χ4v) is 1.42. The minimum atomic E-state index is 0.511. The Balaban J connectivity index is 3.61. The van der Waals surface area contributed by atoms with Gasteiger partial charge in [0, 0.05) is 25.4 Å². The molecule has 68 valence electrons. The molecule has 11 heavy (non-hydrogen) atoms. The van der Waals surface area contributed by atoms with Crippen LogP contribution in [0.15, 0.2) is 0 Å². The standard InChI is InChI=1S/C8H19NOS/c1-4-9(5-6-11)8(2)7-10-3/h8,11H,4-7H2,1-3H3. The highest BCUT2D eigenvalue weighted by Crippen LogP contribution is 1.98. The highest BCUT2D eigenvalue weighted by atomic mass is 32.1. The third kappa shape index (κ3) is 4.67. The van der Waals surface area contributed by atoms with Gasteiger partial charge in [0.05, 0.1) is 6.61 Å². The van der Waals surface area contributed by atoms with Gasteiger partial charge in [0.1, 0.15) is 0 Å². The van der Waals surface area contributed by atoms with Crippen molar-refractivity contribution in [1.29, 1.82) is 0 Å². The highest BCUT2D eigenvalue weighted by molar-refractivity contribution is 7.80. The van der Waals surface area contributed by atoms with Crippen LogP contribution in [0.1, 0.15) is 13.8 Å². The Bertz CT molecular complexity index is 90.2. The van der Waals surface area contributed by atoms with Gasteiger partial charge in [-0.25, -0.2) is 0 Å². The first-order valence-electron chi connectivity index (χ1n) is 4.10. The summed E-state index contributed by atoms with van der Waals surface area (Å²) in [5.41, 5.74) is 0. The molecule has 0 amide bonds. The molecule has 0 bridgehead atoms. The number of thiol groups is 1. The van der Waals surface area contributed by atoms with Crippen LogP contribution in [0.25, 0.3) is 0 Å². The second kappa shape index (κ2) is 6.95. The van der Waals surface area contributed by atoms with Crippen molar-refractivity contribution in [1.82, 2.24) is 4.90 Å². The molecule has 0 N–H and O–H groups in total. The van der Waals surface area contributed by atoms with Crippen molar-refractivity contribution in [3.63, 3.8) is 0 Å². The van der Waals surface area contributed by atoms with Gasteiger partial charge in [-0.1, -0.05) is 6.92 Å². The van der Waals surface area contributed by atoms with Crippen LogP contribution in [0.5, 0.6) is 0 Å². The van der Waals surface area contributed by atoms with E-state index in [9.17, 15) is 0 Å². The lowest BCUT2D eigenvalue weighted by atomic mass is 10.3. The molecule has 0 aromatic heterocycles. The zero-order valence-corrected chi connectivity index (χ0v) is 8.60. The molecule has 0 aliphatic carbocycles. The largest absolute Gasteiger partial charge is 0.383 e. The van der Waals surface area contributed by atoms with E-state index in [1.54, 1.807) is 7.11 Å². The summed E-state index contributed by atoms with van der Waals surface area (Å²) in [5, 5.41) is 0. The van der Waals surface area contributed by atoms with Gasteiger partial charge in [-0.15, -0.1) is 0 Å². The van der Waals surface area contributed by atoms with Crippen LogP contribution < -0.4 is 0 Å². The minimum absolute atomic E-state index is 0.511. The maximum absolute atomic E-state index is 5.07. The zero-order valence-electron chi connectivity index (χ0n) is 7.71. The molecule has 0 aliphatic heterocycles. The summed E-state index contributed by atoms with van der Waals surface area (Å²) in [6.45, 7) is 7.27. The molecule has 0 aliphatic rings. The fraction of sp³-hybridized carbons (Fsp3) is 1.00. The van der Waals surface area contributed by atoms with Gasteiger partial charge in [0.25, 0.3) is 0 Å². The van der Waals surface area contributed by atoms with Gasteiger partial charge in [0.15, 0.2) is 0 Å². The molecule has 0 aromatic carbocycles. The van der Waals surface area contributed by atoms with Crippen LogP contribution in [0.3, 0.4) is 0 Å². The van der Waals surface area contributed by atoms with Crippen molar-refractivity contribution in [3.8, 4) is 0 Å². The molecule has 0 aromatic rings.